The van der Waals surface area contributed by atoms with E-state index in [0.717, 1.165) is 11.1 Å². The minimum atomic E-state index is -0.454. The van der Waals surface area contributed by atoms with E-state index < -0.39 is 12.0 Å². The molecule has 3 atom stereocenters. The molecule has 1 heterocycles. The average Bonchev–Trinajstić information content (AvgIpc) is 2.74. The lowest BCUT2D eigenvalue weighted by Gasteiger charge is -2.37. The van der Waals surface area contributed by atoms with E-state index in [0.29, 0.717) is 11.3 Å². The summed E-state index contributed by atoms with van der Waals surface area (Å²) in [5.74, 6) is -0.0437. The lowest BCUT2D eigenvalue weighted by Crippen LogP contribution is -2.36. The molecule has 0 aliphatic carbocycles. The van der Waals surface area contributed by atoms with Crippen molar-refractivity contribution in [2.45, 2.75) is 18.4 Å². The zero-order chi connectivity index (χ0) is 18.6. The Balaban J connectivity index is 1.85. The van der Waals surface area contributed by atoms with Crippen molar-refractivity contribution in [2.24, 2.45) is 5.92 Å². The molecule has 1 aliphatic heterocycles. The number of rotatable bonds is 4. The fraction of sp³-hybridized carbons (Fsp3) is 0.167. The van der Waals surface area contributed by atoms with Crippen molar-refractivity contribution < 1.29 is 9.53 Å². The van der Waals surface area contributed by atoms with Crippen molar-refractivity contribution in [3.8, 4) is 11.8 Å². The zero-order valence-electron chi connectivity index (χ0n) is 14.8. The number of para-hydroxylation sites is 1. The Bertz CT molecular complexity index is 976. The van der Waals surface area contributed by atoms with Gasteiger partial charge in [-0.1, -0.05) is 72.8 Å². The van der Waals surface area contributed by atoms with Gasteiger partial charge in [0.1, 0.15) is 11.9 Å². The van der Waals surface area contributed by atoms with Crippen LogP contribution in [0, 0.1) is 17.2 Å². The SMILES string of the molecule is N#CCC(c1ccccc1)C1C(=O)c2ccccc2OC1c1ccccc1. The van der Waals surface area contributed by atoms with E-state index in [9.17, 15) is 10.1 Å². The summed E-state index contributed by atoms with van der Waals surface area (Å²) in [7, 11) is 0. The third kappa shape index (κ3) is 3.22. The number of nitrogens with zero attached hydrogens (tertiary/aromatic N) is 1. The van der Waals surface area contributed by atoms with Crippen molar-refractivity contribution in [1.82, 2.24) is 0 Å². The maximum atomic E-state index is 13.5. The first-order valence-corrected chi connectivity index (χ1v) is 9.06. The Labute approximate surface area is 158 Å². The molecule has 3 unspecified atom stereocenters. The van der Waals surface area contributed by atoms with Gasteiger partial charge in [-0.15, -0.1) is 0 Å². The highest BCUT2D eigenvalue weighted by atomic mass is 16.5. The van der Waals surface area contributed by atoms with E-state index in [2.05, 4.69) is 6.07 Å². The average molecular weight is 353 g/mol. The highest BCUT2D eigenvalue weighted by Gasteiger charge is 2.43. The number of carbonyl (C=O) groups excluding carboxylic acids is 1. The van der Waals surface area contributed by atoms with Crippen LogP contribution < -0.4 is 4.74 Å². The largest absolute Gasteiger partial charge is 0.484 e. The summed E-state index contributed by atoms with van der Waals surface area (Å²) in [5.41, 5.74) is 2.53. The van der Waals surface area contributed by atoms with Gasteiger partial charge in [0.25, 0.3) is 0 Å². The van der Waals surface area contributed by atoms with Gasteiger partial charge in [-0.05, 0) is 23.3 Å². The second-order valence-corrected chi connectivity index (χ2v) is 6.71. The van der Waals surface area contributed by atoms with Gasteiger partial charge < -0.3 is 4.74 Å². The number of ether oxygens (including phenoxy) is 1. The number of hydrogen-bond acceptors (Lipinski definition) is 3. The minimum absolute atomic E-state index is 0.0369. The molecule has 0 radical (unpaired) electrons. The quantitative estimate of drug-likeness (QED) is 0.638. The highest BCUT2D eigenvalue weighted by Crippen LogP contribution is 2.46. The maximum Gasteiger partial charge on any atom is 0.174 e. The lowest BCUT2D eigenvalue weighted by molar-refractivity contribution is 0.0595. The molecule has 3 aromatic carbocycles. The first kappa shape index (κ1) is 17.1. The van der Waals surface area contributed by atoms with E-state index >= 15 is 0 Å². The predicted molar refractivity (Wildman–Crippen MR) is 103 cm³/mol. The molecule has 3 aromatic rings. The van der Waals surface area contributed by atoms with E-state index in [1.54, 1.807) is 6.07 Å². The predicted octanol–water partition coefficient (Wildman–Crippen LogP) is 5.32. The number of hydrogen-bond donors (Lipinski definition) is 0. The summed E-state index contributed by atoms with van der Waals surface area (Å²) >= 11 is 0. The van der Waals surface area contributed by atoms with Crippen LogP contribution in [0.25, 0.3) is 0 Å². The molecule has 1 aliphatic rings. The van der Waals surface area contributed by atoms with Crippen LogP contribution in [0.3, 0.4) is 0 Å². The summed E-state index contributed by atoms with van der Waals surface area (Å²) < 4.78 is 6.32. The Morgan fingerprint density at radius 2 is 1.52 bits per heavy atom. The molecule has 0 aromatic heterocycles. The second-order valence-electron chi connectivity index (χ2n) is 6.71. The molecule has 0 amide bonds. The van der Waals surface area contributed by atoms with Crippen LogP contribution in [-0.4, -0.2) is 5.78 Å². The van der Waals surface area contributed by atoms with Crippen LogP contribution in [0.4, 0.5) is 0 Å². The molecule has 0 saturated carbocycles. The number of carbonyl (C=O) groups is 1. The third-order valence-corrected chi connectivity index (χ3v) is 5.14. The van der Waals surface area contributed by atoms with Crippen molar-refractivity contribution in [2.75, 3.05) is 0 Å². The normalized spacial score (nSPS) is 19.4. The number of nitriles is 1. The van der Waals surface area contributed by atoms with Crippen molar-refractivity contribution in [3.05, 3.63) is 102 Å². The van der Waals surface area contributed by atoms with Gasteiger partial charge in [0.05, 0.1) is 17.6 Å². The summed E-state index contributed by atoms with van der Waals surface area (Å²) in [4.78, 5) is 13.5. The Morgan fingerprint density at radius 1 is 0.889 bits per heavy atom. The molecule has 3 nitrogen and oxygen atoms in total. The molecular weight excluding hydrogens is 334 g/mol. The Hall–Kier alpha value is -3.38. The van der Waals surface area contributed by atoms with Crippen LogP contribution in [0.5, 0.6) is 5.75 Å². The zero-order valence-corrected chi connectivity index (χ0v) is 14.8. The molecule has 0 N–H and O–H groups in total. The van der Waals surface area contributed by atoms with Gasteiger partial charge in [-0.2, -0.15) is 5.26 Å². The van der Waals surface area contributed by atoms with Gasteiger partial charge >= 0.3 is 0 Å². The van der Waals surface area contributed by atoms with Crippen molar-refractivity contribution in [1.29, 1.82) is 5.26 Å². The Kier molecular flexibility index (Phi) is 4.72. The van der Waals surface area contributed by atoms with Gasteiger partial charge in [-0.3, -0.25) is 4.79 Å². The maximum absolute atomic E-state index is 13.5. The van der Waals surface area contributed by atoms with Gasteiger partial charge in [0.15, 0.2) is 5.78 Å². The number of fused-ring (bicyclic) bond motifs is 1. The molecule has 4 rings (SSSR count). The van der Waals surface area contributed by atoms with Crippen LogP contribution in [-0.2, 0) is 0 Å². The number of ketones is 1. The third-order valence-electron chi connectivity index (χ3n) is 5.14. The van der Waals surface area contributed by atoms with Gasteiger partial charge in [0.2, 0.25) is 0 Å². The second kappa shape index (κ2) is 7.47. The fourth-order valence-electron chi connectivity index (χ4n) is 3.86. The fourth-order valence-corrected chi connectivity index (χ4v) is 3.86. The van der Waals surface area contributed by atoms with E-state index in [-0.39, 0.29) is 18.1 Å². The monoisotopic (exact) mass is 353 g/mol. The summed E-state index contributed by atoms with van der Waals surface area (Å²) in [6, 6.07) is 29.2. The molecule has 0 fully saturated rings. The first-order chi connectivity index (χ1) is 13.3. The molecule has 0 saturated heterocycles. The van der Waals surface area contributed by atoms with Crippen LogP contribution >= 0.6 is 0 Å². The minimum Gasteiger partial charge on any atom is -0.484 e. The topological polar surface area (TPSA) is 50.1 Å². The summed E-state index contributed by atoms with van der Waals surface area (Å²) in [6.07, 6.45) is -0.165. The van der Waals surface area contributed by atoms with Crippen molar-refractivity contribution in [3.63, 3.8) is 0 Å². The Morgan fingerprint density at radius 3 is 2.22 bits per heavy atom. The summed E-state index contributed by atoms with van der Waals surface area (Å²) in [6.45, 7) is 0. The van der Waals surface area contributed by atoms with E-state index in [1.165, 1.54) is 0 Å². The standard InChI is InChI=1S/C24H19NO2/c25-16-15-19(17-9-3-1-4-10-17)22-23(26)20-13-7-8-14-21(20)27-24(22)18-11-5-2-6-12-18/h1-14,19,22,24H,15H2. The number of benzene rings is 3. The van der Waals surface area contributed by atoms with Crippen LogP contribution in [0.1, 0.15) is 39.9 Å². The summed E-state index contributed by atoms with van der Waals surface area (Å²) in [5, 5.41) is 9.46. The molecule has 0 spiro atoms. The first-order valence-electron chi connectivity index (χ1n) is 9.06. The highest BCUT2D eigenvalue weighted by molar-refractivity contribution is 6.02. The van der Waals surface area contributed by atoms with Gasteiger partial charge in [0, 0.05) is 12.3 Å². The lowest BCUT2D eigenvalue weighted by atomic mass is 9.73. The molecular formula is C24H19NO2. The number of Topliss-reactive ketones (excluding diaryl/α,β-unsaturated/α-hetero) is 1. The van der Waals surface area contributed by atoms with E-state index in [1.807, 2.05) is 78.9 Å². The van der Waals surface area contributed by atoms with Crippen LogP contribution in [0.2, 0.25) is 0 Å². The van der Waals surface area contributed by atoms with E-state index in [4.69, 9.17) is 4.74 Å². The molecule has 27 heavy (non-hydrogen) atoms. The molecule has 132 valence electrons. The molecule has 3 heteroatoms. The van der Waals surface area contributed by atoms with Crippen molar-refractivity contribution >= 4 is 5.78 Å². The smallest absolute Gasteiger partial charge is 0.174 e. The van der Waals surface area contributed by atoms with Gasteiger partial charge in [-0.25, -0.2) is 0 Å². The molecule has 0 bridgehead atoms. The van der Waals surface area contributed by atoms with Crippen LogP contribution in [0.15, 0.2) is 84.9 Å².